The number of nitrogens with zero attached hydrogens (tertiary/aromatic N) is 2. The first-order chi connectivity index (χ1) is 15.9. The number of fused-ring (bicyclic) bond motifs is 1. The van der Waals surface area contributed by atoms with Crippen LogP contribution in [0.4, 0.5) is 0 Å². The number of aliphatic imine (C=N–C) groups is 2. The van der Waals surface area contributed by atoms with Crippen molar-refractivity contribution in [3.63, 3.8) is 0 Å². The normalized spacial score (nSPS) is 14.6. The van der Waals surface area contributed by atoms with Crippen LogP contribution in [0.3, 0.4) is 0 Å². The molecule has 0 atom stereocenters. The Morgan fingerprint density at radius 1 is 0.500 bits per heavy atom. The zero-order valence-corrected chi connectivity index (χ0v) is 21.4. The van der Waals surface area contributed by atoms with Crippen LogP contribution in [-0.2, 0) is 0 Å². The molecular weight excluding hydrogens is 388 g/mol. The minimum Gasteiger partial charge on any atom is -0.263 e. The maximum atomic E-state index is 4.54. The van der Waals surface area contributed by atoms with Gasteiger partial charge in [0.15, 0.2) is 0 Å². The van der Waals surface area contributed by atoms with Crippen molar-refractivity contribution in [1.29, 1.82) is 0 Å². The smallest absolute Gasteiger partial charge is 0.0498 e. The molecule has 0 spiro atoms. The molecule has 2 aliphatic heterocycles. The van der Waals surface area contributed by atoms with Gasteiger partial charge in [0.25, 0.3) is 0 Å². The van der Waals surface area contributed by atoms with Gasteiger partial charge in [0.1, 0.15) is 0 Å². The van der Waals surface area contributed by atoms with Crippen LogP contribution in [0.25, 0.3) is 0 Å². The van der Waals surface area contributed by atoms with Gasteiger partial charge < -0.3 is 0 Å². The predicted octanol–water partition coefficient (Wildman–Crippen LogP) is 10.3. The second-order valence-electron chi connectivity index (χ2n) is 10.2. The summed E-state index contributed by atoms with van der Waals surface area (Å²) in [6.07, 6.45) is 38.7. The summed E-state index contributed by atoms with van der Waals surface area (Å²) in [6, 6.07) is 0. The summed E-state index contributed by atoms with van der Waals surface area (Å²) < 4.78 is 0. The molecule has 0 unspecified atom stereocenters. The summed E-state index contributed by atoms with van der Waals surface area (Å²) in [5, 5.41) is 0. The van der Waals surface area contributed by atoms with Crippen molar-refractivity contribution >= 4 is 11.9 Å². The van der Waals surface area contributed by atoms with Crippen LogP contribution in [-0.4, -0.2) is 11.9 Å². The SMILES string of the molecule is CCCCCCCCCCCCCCCCCCCCCCCCC1=NC=C2C=NC=C21. The Balaban J connectivity index is 1.20. The molecule has 32 heavy (non-hydrogen) atoms. The lowest BCUT2D eigenvalue weighted by Gasteiger charge is -2.05. The Morgan fingerprint density at radius 2 is 0.906 bits per heavy atom. The highest BCUT2D eigenvalue weighted by Gasteiger charge is 2.18. The second-order valence-corrected chi connectivity index (χ2v) is 10.2. The Bertz CT molecular complexity index is 582. The van der Waals surface area contributed by atoms with Crippen LogP contribution in [0, 0.1) is 0 Å². The molecule has 0 bridgehead atoms. The molecular formula is C30H52N2. The van der Waals surface area contributed by atoms with E-state index < -0.39 is 0 Å². The Morgan fingerprint density at radius 3 is 1.34 bits per heavy atom. The Hall–Kier alpha value is -1.18. The van der Waals surface area contributed by atoms with Gasteiger partial charge in [0.2, 0.25) is 0 Å². The van der Waals surface area contributed by atoms with E-state index in [1.807, 2.05) is 18.6 Å². The van der Waals surface area contributed by atoms with Crippen molar-refractivity contribution in [1.82, 2.24) is 0 Å². The number of rotatable bonds is 23. The van der Waals surface area contributed by atoms with E-state index in [-0.39, 0.29) is 0 Å². The summed E-state index contributed by atoms with van der Waals surface area (Å²) in [7, 11) is 0. The minimum atomic E-state index is 1.12. The summed E-state index contributed by atoms with van der Waals surface area (Å²) in [6.45, 7) is 2.30. The lowest BCUT2D eigenvalue weighted by molar-refractivity contribution is 0.519. The highest BCUT2D eigenvalue weighted by Crippen LogP contribution is 2.25. The molecule has 2 rings (SSSR count). The van der Waals surface area contributed by atoms with E-state index in [4.69, 9.17) is 0 Å². The molecule has 0 radical (unpaired) electrons. The Labute approximate surface area is 200 Å². The first-order valence-electron chi connectivity index (χ1n) is 14.4. The van der Waals surface area contributed by atoms with Crippen LogP contribution in [0.5, 0.6) is 0 Å². The molecule has 0 amide bonds. The van der Waals surface area contributed by atoms with Crippen molar-refractivity contribution in [2.45, 2.75) is 155 Å². The number of allylic oxidation sites excluding steroid dienone is 2. The lowest BCUT2D eigenvalue weighted by atomic mass is 10.0. The largest absolute Gasteiger partial charge is 0.263 e. The zero-order chi connectivity index (χ0) is 22.5. The van der Waals surface area contributed by atoms with Gasteiger partial charge in [0, 0.05) is 35.5 Å². The Kier molecular flexibility index (Phi) is 16.3. The van der Waals surface area contributed by atoms with E-state index >= 15 is 0 Å². The average Bonchev–Trinajstić information content (AvgIpc) is 3.42. The minimum absolute atomic E-state index is 1.12. The summed E-state index contributed by atoms with van der Waals surface area (Å²) in [5.74, 6) is 0. The fraction of sp³-hybridized carbons (Fsp3) is 0.800. The highest BCUT2D eigenvalue weighted by atomic mass is 14.8. The van der Waals surface area contributed by atoms with Gasteiger partial charge in [-0.2, -0.15) is 0 Å². The van der Waals surface area contributed by atoms with Crippen molar-refractivity contribution in [3.8, 4) is 0 Å². The molecule has 0 saturated carbocycles. The van der Waals surface area contributed by atoms with E-state index in [0.29, 0.717) is 0 Å². The van der Waals surface area contributed by atoms with Crippen LogP contribution in [0.1, 0.15) is 155 Å². The third-order valence-electron chi connectivity index (χ3n) is 7.17. The van der Waals surface area contributed by atoms with Crippen LogP contribution < -0.4 is 0 Å². The molecule has 182 valence electrons. The van der Waals surface area contributed by atoms with Gasteiger partial charge in [0.05, 0.1) is 0 Å². The fourth-order valence-corrected chi connectivity index (χ4v) is 5.00. The molecule has 0 saturated heterocycles. The zero-order valence-electron chi connectivity index (χ0n) is 21.4. The lowest BCUT2D eigenvalue weighted by Crippen LogP contribution is -1.99. The summed E-state index contributed by atoms with van der Waals surface area (Å²) in [5.41, 5.74) is 3.73. The van der Waals surface area contributed by atoms with Gasteiger partial charge in [-0.15, -0.1) is 0 Å². The molecule has 0 aromatic carbocycles. The van der Waals surface area contributed by atoms with E-state index in [0.717, 1.165) is 6.42 Å². The van der Waals surface area contributed by atoms with Crippen LogP contribution in [0.2, 0.25) is 0 Å². The van der Waals surface area contributed by atoms with Crippen LogP contribution >= 0.6 is 0 Å². The summed E-state index contributed by atoms with van der Waals surface area (Å²) in [4.78, 5) is 8.76. The third-order valence-corrected chi connectivity index (χ3v) is 7.17. The molecule has 2 aliphatic rings. The molecule has 2 nitrogen and oxygen atoms in total. The molecule has 2 heterocycles. The molecule has 0 fully saturated rings. The quantitative estimate of drug-likeness (QED) is 0.141. The van der Waals surface area contributed by atoms with Gasteiger partial charge in [-0.3, -0.25) is 9.98 Å². The predicted molar refractivity (Wildman–Crippen MR) is 144 cm³/mol. The monoisotopic (exact) mass is 440 g/mol. The molecule has 2 heteroatoms. The van der Waals surface area contributed by atoms with E-state index in [1.54, 1.807) is 0 Å². The number of unbranched alkanes of at least 4 members (excludes halogenated alkanes) is 21. The van der Waals surface area contributed by atoms with Crippen molar-refractivity contribution in [2.24, 2.45) is 9.98 Å². The van der Waals surface area contributed by atoms with E-state index in [1.165, 1.54) is 158 Å². The molecule has 0 N–H and O–H groups in total. The van der Waals surface area contributed by atoms with Gasteiger partial charge >= 0.3 is 0 Å². The highest BCUT2D eigenvalue weighted by molar-refractivity contribution is 6.14. The van der Waals surface area contributed by atoms with Crippen molar-refractivity contribution in [3.05, 3.63) is 23.5 Å². The summed E-state index contributed by atoms with van der Waals surface area (Å²) >= 11 is 0. The first kappa shape index (κ1) is 27.1. The number of hydrogen-bond acceptors (Lipinski definition) is 2. The van der Waals surface area contributed by atoms with Crippen molar-refractivity contribution in [2.75, 3.05) is 0 Å². The van der Waals surface area contributed by atoms with Crippen molar-refractivity contribution < 1.29 is 0 Å². The van der Waals surface area contributed by atoms with Gasteiger partial charge in [-0.1, -0.05) is 142 Å². The maximum absolute atomic E-state index is 4.54. The van der Waals surface area contributed by atoms with Gasteiger partial charge in [-0.05, 0) is 12.8 Å². The fourth-order valence-electron chi connectivity index (χ4n) is 5.00. The average molecular weight is 441 g/mol. The van der Waals surface area contributed by atoms with E-state index in [9.17, 15) is 0 Å². The second kappa shape index (κ2) is 19.3. The third kappa shape index (κ3) is 12.8. The molecule has 0 aliphatic carbocycles. The molecule has 0 aromatic rings. The van der Waals surface area contributed by atoms with E-state index in [2.05, 4.69) is 16.9 Å². The molecule has 0 aromatic heterocycles. The van der Waals surface area contributed by atoms with Gasteiger partial charge in [-0.25, -0.2) is 0 Å². The standard InChI is InChI=1S/C30H52N2/c1-2-3-4-5-6-7-8-9-10-11-12-13-14-15-16-17-18-19-20-21-22-23-24-30-29-27-31-25-28(29)26-32-30/h25-27H,2-24H2,1H3. The van der Waals surface area contributed by atoms with Crippen LogP contribution in [0.15, 0.2) is 33.5 Å². The number of hydrogen-bond donors (Lipinski definition) is 0. The first-order valence-corrected chi connectivity index (χ1v) is 14.4. The topological polar surface area (TPSA) is 24.7 Å². The maximum Gasteiger partial charge on any atom is 0.0498 e.